The van der Waals surface area contributed by atoms with Gasteiger partial charge in [-0.3, -0.25) is 0 Å². The van der Waals surface area contributed by atoms with E-state index in [-0.39, 0.29) is 12.4 Å². The van der Waals surface area contributed by atoms with E-state index in [4.69, 9.17) is 21.1 Å². The lowest BCUT2D eigenvalue weighted by Gasteiger charge is -2.17. The SMILES string of the molecule is CCOc1cccc(CNCCSc2nnnn2-c2ccccc2)c1OCc1ccccc1Cl.Cl. The zero-order chi connectivity index (χ0) is 23.6. The maximum Gasteiger partial charge on any atom is 0.214 e. The third-order valence-corrected chi connectivity index (χ3v) is 6.25. The van der Waals surface area contributed by atoms with Gasteiger partial charge >= 0.3 is 0 Å². The number of tetrazole rings is 1. The first-order valence-electron chi connectivity index (χ1n) is 11.0. The normalized spacial score (nSPS) is 10.6. The quantitative estimate of drug-likeness (QED) is 0.188. The highest BCUT2D eigenvalue weighted by molar-refractivity contribution is 7.99. The number of benzene rings is 3. The molecule has 0 amide bonds. The van der Waals surface area contributed by atoms with Crippen molar-refractivity contribution in [1.29, 1.82) is 0 Å². The Morgan fingerprint density at radius 1 is 0.943 bits per heavy atom. The second-order valence-corrected chi connectivity index (χ2v) is 8.76. The minimum atomic E-state index is 0. The van der Waals surface area contributed by atoms with Crippen LogP contribution in [0.2, 0.25) is 5.02 Å². The van der Waals surface area contributed by atoms with Gasteiger partial charge in [0.05, 0.1) is 12.3 Å². The molecule has 0 saturated heterocycles. The van der Waals surface area contributed by atoms with Crippen LogP contribution in [-0.4, -0.2) is 39.1 Å². The molecule has 0 fully saturated rings. The number of ether oxygens (including phenoxy) is 2. The number of nitrogens with zero attached hydrogens (tertiary/aromatic N) is 4. The van der Waals surface area contributed by atoms with Crippen molar-refractivity contribution in [3.63, 3.8) is 0 Å². The molecule has 3 aromatic carbocycles. The van der Waals surface area contributed by atoms with Gasteiger partial charge in [-0.1, -0.05) is 71.9 Å². The van der Waals surface area contributed by atoms with Crippen LogP contribution < -0.4 is 14.8 Å². The molecule has 4 rings (SSSR count). The Balaban J connectivity index is 0.00000342. The predicted molar refractivity (Wildman–Crippen MR) is 142 cm³/mol. The number of halogens is 2. The zero-order valence-electron chi connectivity index (χ0n) is 19.3. The van der Waals surface area contributed by atoms with Crippen LogP contribution in [0.15, 0.2) is 78.0 Å². The first-order valence-corrected chi connectivity index (χ1v) is 12.4. The highest BCUT2D eigenvalue weighted by Crippen LogP contribution is 2.33. The van der Waals surface area contributed by atoms with E-state index < -0.39 is 0 Å². The molecule has 0 aliphatic rings. The van der Waals surface area contributed by atoms with Crippen molar-refractivity contribution in [2.45, 2.75) is 25.2 Å². The lowest BCUT2D eigenvalue weighted by Crippen LogP contribution is -2.18. The van der Waals surface area contributed by atoms with Crippen molar-refractivity contribution in [2.24, 2.45) is 0 Å². The van der Waals surface area contributed by atoms with Gasteiger partial charge in [-0.25, -0.2) is 0 Å². The molecule has 0 aliphatic heterocycles. The Kier molecular flexibility index (Phi) is 10.7. The monoisotopic (exact) mass is 531 g/mol. The average Bonchev–Trinajstić information content (AvgIpc) is 3.33. The Morgan fingerprint density at radius 3 is 2.51 bits per heavy atom. The smallest absolute Gasteiger partial charge is 0.214 e. The van der Waals surface area contributed by atoms with Crippen molar-refractivity contribution >= 4 is 35.8 Å². The largest absolute Gasteiger partial charge is 0.490 e. The summed E-state index contributed by atoms with van der Waals surface area (Å²) in [5, 5.41) is 17.0. The number of hydrogen-bond acceptors (Lipinski definition) is 7. The van der Waals surface area contributed by atoms with Crippen LogP contribution in [0.4, 0.5) is 0 Å². The second-order valence-electron chi connectivity index (χ2n) is 7.29. The lowest BCUT2D eigenvalue weighted by molar-refractivity contribution is 0.266. The van der Waals surface area contributed by atoms with Crippen LogP contribution in [0.25, 0.3) is 5.69 Å². The Morgan fingerprint density at radius 2 is 1.71 bits per heavy atom. The summed E-state index contributed by atoms with van der Waals surface area (Å²) in [6.07, 6.45) is 0. The molecule has 0 spiro atoms. The molecule has 7 nitrogen and oxygen atoms in total. The standard InChI is InChI=1S/C25H26ClN5O2S.ClH/c1-2-32-23-14-8-10-19(24(23)33-18-20-9-6-7-13-22(20)26)17-27-15-16-34-25-28-29-30-31(25)21-11-4-3-5-12-21;/h3-14,27H,2,15-18H2,1H3;1H. The molecule has 0 aliphatic carbocycles. The van der Waals surface area contributed by atoms with E-state index in [0.717, 1.165) is 45.8 Å². The fourth-order valence-electron chi connectivity index (χ4n) is 3.34. The van der Waals surface area contributed by atoms with Crippen molar-refractivity contribution in [3.05, 3.63) is 88.9 Å². The minimum Gasteiger partial charge on any atom is -0.490 e. The van der Waals surface area contributed by atoms with Crippen LogP contribution in [0.3, 0.4) is 0 Å². The topological polar surface area (TPSA) is 74.1 Å². The summed E-state index contributed by atoms with van der Waals surface area (Å²) in [5.41, 5.74) is 2.90. The molecule has 0 radical (unpaired) electrons. The molecule has 1 N–H and O–H groups in total. The van der Waals surface area contributed by atoms with Gasteiger partial charge in [0.15, 0.2) is 11.5 Å². The van der Waals surface area contributed by atoms with Crippen LogP contribution in [-0.2, 0) is 13.2 Å². The van der Waals surface area contributed by atoms with Crippen molar-refractivity contribution in [3.8, 4) is 17.2 Å². The third kappa shape index (κ3) is 7.35. The Hall–Kier alpha value is -2.78. The molecule has 0 bridgehead atoms. The van der Waals surface area contributed by atoms with E-state index in [9.17, 15) is 0 Å². The van der Waals surface area contributed by atoms with Crippen molar-refractivity contribution in [1.82, 2.24) is 25.5 Å². The summed E-state index contributed by atoms with van der Waals surface area (Å²) < 4.78 is 13.7. The zero-order valence-corrected chi connectivity index (χ0v) is 21.7. The van der Waals surface area contributed by atoms with Crippen molar-refractivity contribution < 1.29 is 9.47 Å². The van der Waals surface area contributed by atoms with Crippen molar-refractivity contribution in [2.75, 3.05) is 18.9 Å². The molecule has 1 heterocycles. The maximum atomic E-state index is 6.30. The number of rotatable bonds is 12. The van der Waals surface area contributed by atoms with Gasteiger partial charge in [-0.15, -0.1) is 17.5 Å². The molecular weight excluding hydrogens is 505 g/mol. The molecule has 0 saturated carbocycles. The second kappa shape index (κ2) is 13.9. The van der Waals surface area contributed by atoms with Gasteiger partial charge in [-0.2, -0.15) is 4.68 Å². The first kappa shape index (κ1) is 26.8. The van der Waals surface area contributed by atoms with E-state index >= 15 is 0 Å². The summed E-state index contributed by atoms with van der Waals surface area (Å²) >= 11 is 7.90. The highest BCUT2D eigenvalue weighted by atomic mass is 35.5. The van der Waals surface area contributed by atoms with Gasteiger partial charge in [0.25, 0.3) is 0 Å². The van der Waals surface area contributed by atoms with Gasteiger partial charge in [0.2, 0.25) is 5.16 Å². The van der Waals surface area contributed by atoms with Gasteiger partial charge in [0, 0.05) is 35.0 Å². The highest BCUT2D eigenvalue weighted by Gasteiger charge is 2.13. The molecule has 184 valence electrons. The summed E-state index contributed by atoms with van der Waals surface area (Å²) in [4.78, 5) is 0. The van der Waals surface area contributed by atoms with E-state index in [1.54, 1.807) is 16.4 Å². The Labute approximate surface area is 220 Å². The van der Waals surface area contributed by atoms with E-state index in [0.29, 0.717) is 24.8 Å². The maximum absolute atomic E-state index is 6.30. The van der Waals surface area contributed by atoms with Crippen LogP contribution in [0.5, 0.6) is 11.5 Å². The summed E-state index contributed by atoms with van der Waals surface area (Å²) in [6.45, 7) is 4.31. The van der Waals surface area contributed by atoms with Gasteiger partial charge < -0.3 is 14.8 Å². The average molecular weight is 532 g/mol. The Bertz CT molecular complexity index is 1190. The van der Waals surface area contributed by atoms with Crippen LogP contribution in [0.1, 0.15) is 18.1 Å². The summed E-state index contributed by atoms with van der Waals surface area (Å²) in [7, 11) is 0. The molecular formula is C25H27Cl2N5O2S. The molecule has 35 heavy (non-hydrogen) atoms. The molecule has 0 unspecified atom stereocenters. The fraction of sp³-hybridized carbons (Fsp3) is 0.240. The minimum absolute atomic E-state index is 0. The summed E-state index contributed by atoms with van der Waals surface area (Å²) in [5.74, 6) is 2.27. The molecule has 0 atom stereocenters. The third-order valence-electron chi connectivity index (χ3n) is 4.96. The van der Waals surface area contributed by atoms with Gasteiger partial charge in [0.1, 0.15) is 6.61 Å². The molecule has 10 heteroatoms. The number of hydrogen-bond donors (Lipinski definition) is 1. The summed E-state index contributed by atoms with van der Waals surface area (Å²) in [6, 6.07) is 23.5. The number of nitrogens with one attached hydrogen (secondary N) is 1. The van der Waals surface area contributed by atoms with Gasteiger partial charge in [-0.05, 0) is 41.6 Å². The molecule has 4 aromatic rings. The number of thioether (sulfide) groups is 1. The lowest BCUT2D eigenvalue weighted by atomic mass is 10.1. The van der Waals surface area contributed by atoms with E-state index in [1.165, 1.54) is 0 Å². The van der Waals surface area contributed by atoms with Crippen LogP contribution in [0, 0.1) is 0 Å². The van der Waals surface area contributed by atoms with E-state index in [1.807, 2.05) is 79.7 Å². The number of aromatic nitrogens is 4. The van der Waals surface area contributed by atoms with Crippen LogP contribution >= 0.6 is 35.8 Å². The fourth-order valence-corrected chi connectivity index (χ4v) is 4.31. The predicted octanol–water partition coefficient (Wildman–Crippen LogP) is 5.60. The number of para-hydroxylation sites is 2. The molecule has 1 aromatic heterocycles. The van der Waals surface area contributed by atoms with E-state index in [2.05, 4.69) is 20.8 Å². The first-order chi connectivity index (χ1) is 16.8.